The molecule has 1 N–H and O–H groups in total. The topological polar surface area (TPSA) is 37.3 Å². The van der Waals surface area contributed by atoms with Gasteiger partial charge in [-0.3, -0.25) is 4.79 Å². The van der Waals surface area contributed by atoms with E-state index in [0.29, 0.717) is 5.92 Å². The van der Waals surface area contributed by atoms with Crippen molar-refractivity contribution in [1.29, 1.82) is 0 Å². The Kier molecular flexibility index (Phi) is 0.997. The molecular weight excluding hydrogens is 148 g/mol. The van der Waals surface area contributed by atoms with Crippen LogP contribution in [0.3, 0.4) is 0 Å². The summed E-state index contributed by atoms with van der Waals surface area (Å²) in [5.74, 6) is -0.314. The van der Waals surface area contributed by atoms with E-state index in [2.05, 4.69) is 6.08 Å². The van der Waals surface area contributed by atoms with Crippen molar-refractivity contribution in [1.82, 2.24) is 0 Å². The van der Waals surface area contributed by atoms with Gasteiger partial charge in [0.05, 0.1) is 0 Å². The van der Waals surface area contributed by atoms with Crippen molar-refractivity contribution in [2.24, 2.45) is 5.92 Å². The summed E-state index contributed by atoms with van der Waals surface area (Å²) in [6.45, 7) is 1.97. The summed E-state index contributed by atoms with van der Waals surface area (Å²) < 4.78 is -0.427. The largest absolute Gasteiger partial charge is 0.480 e. The van der Waals surface area contributed by atoms with E-state index in [4.69, 9.17) is 5.11 Å². The predicted octanol–water partition coefficient (Wildman–Crippen LogP) is 1.48. The molecule has 2 atom stereocenters. The number of aliphatic carboxylic acids is 1. The third kappa shape index (κ3) is 0.586. The Balaban J connectivity index is 2.23. The number of allylic oxidation sites excluding steroid dienone is 2. The van der Waals surface area contributed by atoms with Crippen LogP contribution in [-0.4, -0.2) is 15.8 Å². The van der Waals surface area contributed by atoms with E-state index >= 15 is 0 Å². The average molecular weight is 156 g/mol. The Hall–Kier alpha value is -0.440. The molecule has 0 saturated heterocycles. The van der Waals surface area contributed by atoms with Crippen LogP contribution in [0.15, 0.2) is 11.0 Å². The highest BCUT2D eigenvalue weighted by Crippen LogP contribution is 2.63. The Morgan fingerprint density at radius 2 is 2.70 bits per heavy atom. The van der Waals surface area contributed by atoms with E-state index in [0.717, 1.165) is 6.42 Å². The number of carbonyl (C=O) groups is 1. The van der Waals surface area contributed by atoms with Crippen molar-refractivity contribution < 1.29 is 9.90 Å². The molecule has 0 amide bonds. The second-order valence-electron chi connectivity index (χ2n) is 2.88. The highest BCUT2D eigenvalue weighted by molar-refractivity contribution is 8.05. The summed E-state index contributed by atoms with van der Waals surface area (Å²) in [5.41, 5.74) is 0. The van der Waals surface area contributed by atoms with Crippen molar-refractivity contribution in [3.05, 3.63) is 11.0 Å². The van der Waals surface area contributed by atoms with Crippen LogP contribution in [0.1, 0.15) is 13.3 Å². The second kappa shape index (κ2) is 1.59. The summed E-state index contributed by atoms with van der Waals surface area (Å²) in [6, 6.07) is 0. The highest BCUT2D eigenvalue weighted by atomic mass is 32.2. The van der Waals surface area contributed by atoms with Gasteiger partial charge in [0, 0.05) is 5.92 Å². The van der Waals surface area contributed by atoms with Crippen LogP contribution < -0.4 is 0 Å². The normalized spacial score (nSPS) is 42.5. The molecule has 1 heterocycles. The minimum Gasteiger partial charge on any atom is -0.480 e. The molecule has 0 aromatic carbocycles. The van der Waals surface area contributed by atoms with E-state index in [-0.39, 0.29) is 0 Å². The number of carboxylic acids is 1. The molecule has 0 bridgehead atoms. The van der Waals surface area contributed by atoms with Crippen LogP contribution in [0.5, 0.6) is 0 Å². The predicted molar refractivity (Wildman–Crippen MR) is 39.8 cm³/mol. The van der Waals surface area contributed by atoms with Gasteiger partial charge in [-0.25, -0.2) is 0 Å². The van der Waals surface area contributed by atoms with Crippen molar-refractivity contribution >= 4 is 17.7 Å². The lowest BCUT2D eigenvalue weighted by Crippen LogP contribution is -2.17. The molecule has 1 fully saturated rings. The molecule has 2 aliphatic rings. The van der Waals surface area contributed by atoms with Gasteiger partial charge in [-0.15, -0.1) is 11.8 Å². The van der Waals surface area contributed by atoms with Gasteiger partial charge < -0.3 is 5.11 Å². The SMILES string of the molecule is CC1=CC2CC2(C(=O)O)S1. The maximum Gasteiger partial charge on any atom is 0.320 e. The Morgan fingerprint density at radius 3 is 3.00 bits per heavy atom. The summed E-state index contributed by atoms with van der Waals surface area (Å²) in [6.07, 6.45) is 2.91. The van der Waals surface area contributed by atoms with Crippen molar-refractivity contribution in [2.45, 2.75) is 18.1 Å². The first-order chi connectivity index (χ1) is 4.65. The van der Waals surface area contributed by atoms with Gasteiger partial charge in [-0.1, -0.05) is 6.08 Å². The van der Waals surface area contributed by atoms with Crippen LogP contribution >= 0.6 is 11.8 Å². The monoisotopic (exact) mass is 156 g/mol. The molecule has 2 rings (SSSR count). The molecule has 3 heteroatoms. The van der Waals surface area contributed by atoms with Crippen molar-refractivity contribution in [2.75, 3.05) is 0 Å². The molecular formula is C7H8O2S. The molecule has 1 aliphatic carbocycles. The van der Waals surface area contributed by atoms with Gasteiger partial charge in [0.2, 0.25) is 0 Å². The molecule has 0 radical (unpaired) electrons. The van der Waals surface area contributed by atoms with E-state index < -0.39 is 10.7 Å². The third-order valence-corrected chi connectivity index (χ3v) is 3.57. The fraction of sp³-hybridized carbons (Fsp3) is 0.571. The van der Waals surface area contributed by atoms with Crippen LogP contribution in [0.25, 0.3) is 0 Å². The molecule has 0 aromatic heterocycles. The molecule has 0 aromatic rings. The quantitative estimate of drug-likeness (QED) is 0.624. The smallest absolute Gasteiger partial charge is 0.320 e. The summed E-state index contributed by atoms with van der Waals surface area (Å²) >= 11 is 1.51. The lowest BCUT2D eigenvalue weighted by Gasteiger charge is -2.03. The molecule has 2 unspecified atom stereocenters. The van der Waals surface area contributed by atoms with Gasteiger partial charge in [-0.05, 0) is 18.2 Å². The highest BCUT2D eigenvalue weighted by Gasteiger charge is 2.63. The van der Waals surface area contributed by atoms with Gasteiger partial charge in [-0.2, -0.15) is 0 Å². The van der Waals surface area contributed by atoms with Gasteiger partial charge >= 0.3 is 5.97 Å². The van der Waals surface area contributed by atoms with Crippen LogP contribution in [0.2, 0.25) is 0 Å². The average Bonchev–Trinajstić information content (AvgIpc) is 2.37. The number of carboxylic acid groups (broad SMARTS) is 1. The zero-order valence-electron chi connectivity index (χ0n) is 5.63. The fourth-order valence-corrected chi connectivity index (χ4v) is 2.85. The Labute approximate surface area is 63.3 Å². The summed E-state index contributed by atoms with van der Waals surface area (Å²) in [4.78, 5) is 11.8. The fourth-order valence-electron chi connectivity index (χ4n) is 1.47. The first kappa shape index (κ1) is 6.28. The summed E-state index contributed by atoms with van der Waals surface area (Å²) in [5, 5.41) is 8.78. The second-order valence-corrected chi connectivity index (χ2v) is 4.46. The van der Waals surface area contributed by atoms with Gasteiger partial charge in [0.1, 0.15) is 4.75 Å². The number of thioether (sulfide) groups is 1. The lowest BCUT2D eigenvalue weighted by molar-refractivity contribution is -0.137. The number of rotatable bonds is 1. The first-order valence-electron chi connectivity index (χ1n) is 3.26. The Bertz CT molecular complexity index is 234. The van der Waals surface area contributed by atoms with E-state index in [1.54, 1.807) is 0 Å². The van der Waals surface area contributed by atoms with Gasteiger partial charge in [0.25, 0.3) is 0 Å². The minimum absolute atomic E-state index is 0.329. The van der Waals surface area contributed by atoms with E-state index in [1.807, 2.05) is 6.92 Å². The van der Waals surface area contributed by atoms with Crippen molar-refractivity contribution in [3.8, 4) is 0 Å². The maximum atomic E-state index is 10.7. The number of hydrogen-bond acceptors (Lipinski definition) is 2. The van der Waals surface area contributed by atoms with Crippen LogP contribution in [0.4, 0.5) is 0 Å². The van der Waals surface area contributed by atoms with Crippen LogP contribution in [-0.2, 0) is 4.79 Å². The third-order valence-electron chi connectivity index (χ3n) is 2.10. The first-order valence-corrected chi connectivity index (χ1v) is 4.07. The molecule has 1 saturated carbocycles. The Morgan fingerprint density at radius 1 is 2.00 bits per heavy atom. The molecule has 1 aliphatic heterocycles. The lowest BCUT2D eigenvalue weighted by atomic mass is 10.3. The summed E-state index contributed by atoms with van der Waals surface area (Å²) in [7, 11) is 0. The molecule has 10 heavy (non-hydrogen) atoms. The van der Waals surface area contributed by atoms with E-state index in [9.17, 15) is 4.79 Å². The molecule has 0 spiro atoms. The zero-order valence-corrected chi connectivity index (χ0v) is 6.44. The standard InChI is InChI=1S/C7H8O2S/c1-4-2-5-3-7(5,10-4)6(8)9/h2,5H,3H2,1H3,(H,8,9). The van der Waals surface area contributed by atoms with Gasteiger partial charge in [0.15, 0.2) is 0 Å². The molecule has 54 valence electrons. The molecule has 2 nitrogen and oxygen atoms in total. The minimum atomic E-state index is -0.643. The number of hydrogen-bond donors (Lipinski definition) is 1. The zero-order chi connectivity index (χ0) is 7.35. The van der Waals surface area contributed by atoms with Crippen molar-refractivity contribution in [3.63, 3.8) is 0 Å². The van der Waals surface area contributed by atoms with Crippen LogP contribution in [0, 0.1) is 5.92 Å². The maximum absolute atomic E-state index is 10.7. The van der Waals surface area contributed by atoms with E-state index in [1.165, 1.54) is 16.7 Å². The number of fused-ring (bicyclic) bond motifs is 1.